The van der Waals surface area contributed by atoms with Gasteiger partial charge in [0.15, 0.2) is 0 Å². The Kier molecular flexibility index (Phi) is 4.03. The number of hydrogen-bond donors (Lipinski definition) is 2. The van der Waals surface area contributed by atoms with Gasteiger partial charge in [0.1, 0.15) is 11.3 Å². The van der Waals surface area contributed by atoms with Crippen LogP contribution in [0.1, 0.15) is 6.42 Å². The molecule has 128 valence electrons. The van der Waals surface area contributed by atoms with Crippen LogP contribution in [-0.2, 0) is 7.05 Å². The molecule has 0 fully saturated rings. The van der Waals surface area contributed by atoms with E-state index in [1.807, 2.05) is 31.6 Å². The third-order valence-electron chi connectivity index (χ3n) is 3.95. The number of anilines is 1. The van der Waals surface area contributed by atoms with Crippen LogP contribution in [0.5, 0.6) is 0 Å². The van der Waals surface area contributed by atoms with Crippen molar-refractivity contribution in [3.8, 4) is 28.6 Å². The normalized spacial score (nSPS) is 10.8. The molecule has 0 aromatic carbocycles. The van der Waals surface area contributed by atoms with Gasteiger partial charge in [-0.2, -0.15) is 10.4 Å². The molecule has 0 aliphatic carbocycles. The van der Waals surface area contributed by atoms with Gasteiger partial charge in [-0.1, -0.05) is 0 Å². The van der Waals surface area contributed by atoms with Crippen molar-refractivity contribution in [3.05, 3.63) is 43.0 Å². The number of aromatic nitrogens is 6. The van der Waals surface area contributed by atoms with Crippen molar-refractivity contribution < 1.29 is 0 Å². The molecule has 2 N–H and O–H groups in total. The monoisotopic (exact) mass is 344 g/mol. The van der Waals surface area contributed by atoms with Crippen molar-refractivity contribution in [2.75, 3.05) is 11.9 Å². The van der Waals surface area contributed by atoms with E-state index >= 15 is 0 Å². The van der Waals surface area contributed by atoms with Gasteiger partial charge in [-0.05, 0) is 18.2 Å². The number of aromatic amines is 1. The second-order valence-electron chi connectivity index (χ2n) is 5.80. The van der Waals surface area contributed by atoms with Crippen LogP contribution < -0.4 is 5.32 Å². The molecule has 4 rings (SSSR count). The quantitative estimate of drug-likeness (QED) is 0.539. The van der Waals surface area contributed by atoms with E-state index in [1.54, 1.807) is 17.1 Å². The highest BCUT2D eigenvalue weighted by Gasteiger charge is 2.15. The Morgan fingerprint density at radius 2 is 2.23 bits per heavy atom. The average molecular weight is 344 g/mol. The molecule has 0 aliphatic heterocycles. The molecule has 0 unspecified atom stereocenters. The number of H-pyrrole nitrogens is 1. The number of hydrogen-bond acceptors (Lipinski definition) is 6. The fraction of sp³-hybridized carbons (Fsp3) is 0.167. The Morgan fingerprint density at radius 3 is 3.12 bits per heavy atom. The molecule has 4 aromatic rings. The molecular formula is C18H16N8. The lowest BCUT2D eigenvalue weighted by atomic mass is 10.1. The number of aryl methyl sites for hydroxylation is 1. The first kappa shape index (κ1) is 15.8. The summed E-state index contributed by atoms with van der Waals surface area (Å²) in [7, 11) is 1.88. The molecule has 0 saturated heterocycles. The number of rotatable bonds is 5. The Hall–Kier alpha value is -3.73. The molecule has 4 heterocycles. The topological polar surface area (TPSA) is 108 Å². The third kappa shape index (κ3) is 2.98. The summed E-state index contributed by atoms with van der Waals surface area (Å²) in [5, 5.41) is 17.3. The van der Waals surface area contributed by atoms with Crippen molar-refractivity contribution >= 4 is 17.0 Å². The molecule has 8 nitrogen and oxygen atoms in total. The standard InChI is InChI=1S/C18H16N8/c1-26-11-14(15-4-8-22-18(24-15)21-6-2-5-19)16(25-26)13-9-12-3-7-20-17(12)23-10-13/h3-4,7-11H,2,6H2,1H3,(H,20,23)(H,21,22,24). The van der Waals surface area contributed by atoms with Crippen LogP contribution in [0.2, 0.25) is 0 Å². The number of fused-ring (bicyclic) bond motifs is 1. The van der Waals surface area contributed by atoms with E-state index in [4.69, 9.17) is 5.26 Å². The molecule has 0 atom stereocenters. The molecule has 8 heteroatoms. The Balaban J connectivity index is 1.74. The molecule has 0 amide bonds. The van der Waals surface area contributed by atoms with Gasteiger partial charge in [-0.15, -0.1) is 0 Å². The van der Waals surface area contributed by atoms with E-state index in [9.17, 15) is 0 Å². The van der Waals surface area contributed by atoms with Gasteiger partial charge in [-0.25, -0.2) is 15.0 Å². The van der Waals surface area contributed by atoms with E-state index in [1.165, 1.54) is 0 Å². The van der Waals surface area contributed by atoms with E-state index in [0.29, 0.717) is 18.9 Å². The molecule has 0 saturated carbocycles. The van der Waals surface area contributed by atoms with Gasteiger partial charge in [0.2, 0.25) is 5.95 Å². The smallest absolute Gasteiger partial charge is 0.223 e. The summed E-state index contributed by atoms with van der Waals surface area (Å²) >= 11 is 0. The van der Waals surface area contributed by atoms with Crippen molar-refractivity contribution in [1.29, 1.82) is 5.26 Å². The van der Waals surface area contributed by atoms with E-state index in [0.717, 1.165) is 33.5 Å². The first-order valence-corrected chi connectivity index (χ1v) is 8.16. The van der Waals surface area contributed by atoms with Crippen LogP contribution in [0, 0.1) is 11.3 Å². The molecule has 0 radical (unpaired) electrons. The van der Waals surface area contributed by atoms with Crippen LogP contribution in [-0.4, -0.2) is 36.3 Å². The maximum atomic E-state index is 8.65. The minimum atomic E-state index is 0.397. The highest BCUT2D eigenvalue weighted by molar-refractivity contribution is 5.85. The first-order valence-electron chi connectivity index (χ1n) is 8.16. The van der Waals surface area contributed by atoms with Crippen LogP contribution in [0.15, 0.2) is 43.0 Å². The Morgan fingerprint density at radius 1 is 1.31 bits per heavy atom. The first-order chi connectivity index (χ1) is 12.7. The molecule has 0 spiro atoms. The molecule has 0 aliphatic rings. The summed E-state index contributed by atoms with van der Waals surface area (Å²) in [5.74, 6) is 0.492. The second kappa shape index (κ2) is 6.64. The van der Waals surface area contributed by atoms with Gasteiger partial charge in [-0.3, -0.25) is 4.68 Å². The maximum Gasteiger partial charge on any atom is 0.223 e. The van der Waals surface area contributed by atoms with Gasteiger partial charge in [0, 0.05) is 54.9 Å². The highest BCUT2D eigenvalue weighted by atomic mass is 15.3. The minimum Gasteiger partial charge on any atom is -0.353 e. The zero-order valence-electron chi connectivity index (χ0n) is 14.1. The van der Waals surface area contributed by atoms with Crippen LogP contribution in [0.4, 0.5) is 5.95 Å². The largest absolute Gasteiger partial charge is 0.353 e. The molecule has 0 bridgehead atoms. The number of nitrogens with one attached hydrogen (secondary N) is 2. The van der Waals surface area contributed by atoms with Crippen molar-refractivity contribution in [2.45, 2.75) is 6.42 Å². The highest BCUT2D eigenvalue weighted by Crippen LogP contribution is 2.30. The lowest BCUT2D eigenvalue weighted by molar-refractivity contribution is 0.771. The lowest BCUT2D eigenvalue weighted by Gasteiger charge is -2.05. The zero-order valence-corrected chi connectivity index (χ0v) is 14.1. The Bertz CT molecular complexity index is 1100. The maximum absolute atomic E-state index is 8.65. The summed E-state index contributed by atoms with van der Waals surface area (Å²) in [5.41, 5.74) is 4.24. The second-order valence-corrected chi connectivity index (χ2v) is 5.80. The van der Waals surface area contributed by atoms with E-state index in [-0.39, 0.29) is 0 Å². The van der Waals surface area contributed by atoms with E-state index < -0.39 is 0 Å². The van der Waals surface area contributed by atoms with Crippen molar-refractivity contribution in [1.82, 2.24) is 29.7 Å². The molecular weight excluding hydrogens is 328 g/mol. The van der Waals surface area contributed by atoms with Crippen LogP contribution in [0.3, 0.4) is 0 Å². The summed E-state index contributed by atoms with van der Waals surface area (Å²) in [4.78, 5) is 16.3. The summed E-state index contributed by atoms with van der Waals surface area (Å²) in [6, 6.07) is 7.97. The van der Waals surface area contributed by atoms with Gasteiger partial charge in [0.25, 0.3) is 0 Å². The Labute approximate surface area is 149 Å². The minimum absolute atomic E-state index is 0.397. The number of pyridine rings is 1. The number of nitrogens with zero attached hydrogens (tertiary/aromatic N) is 6. The summed E-state index contributed by atoms with van der Waals surface area (Å²) in [6.45, 7) is 0.508. The average Bonchev–Trinajstić information content (AvgIpc) is 3.28. The fourth-order valence-corrected chi connectivity index (χ4v) is 2.78. The van der Waals surface area contributed by atoms with Crippen molar-refractivity contribution in [2.24, 2.45) is 7.05 Å². The SMILES string of the molecule is Cn1cc(-c2ccnc(NCCC#N)n2)c(-c2cnc3[nH]ccc3c2)n1. The fourth-order valence-electron chi connectivity index (χ4n) is 2.78. The third-order valence-corrected chi connectivity index (χ3v) is 3.95. The van der Waals surface area contributed by atoms with Gasteiger partial charge < -0.3 is 10.3 Å². The summed E-state index contributed by atoms with van der Waals surface area (Å²) in [6.07, 6.45) is 7.69. The summed E-state index contributed by atoms with van der Waals surface area (Å²) < 4.78 is 1.76. The van der Waals surface area contributed by atoms with Crippen LogP contribution >= 0.6 is 0 Å². The van der Waals surface area contributed by atoms with Gasteiger partial charge >= 0.3 is 0 Å². The van der Waals surface area contributed by atoms with Crippen LogP contribution in [0.25, 0.3) is 33.5 Å². The zero-order chi connectivity index (χ0) is 17.9. The molecule has 4 aromatic heterocycles. The van der Waals surface area contributed by atoms with Crippen molar-refractivity contribution in [3.63, 3.8) is 0 Å². The predicted molar refractivity (Wildman–Crippen MR) is 98.0 cm³/mol. The van der Waals surface area contributed by atoms with Gasteiger partial charge in [0.05, 0.1) is 18.2 Å². The van der Waals surface area contributed by atoms with E-state index in [2.05, 4.69) is 42.5 Å². The lowest BCUT2D eigenvalue weighted by Crippen LogP contribution is -2.04. The predicted octanol–water partition coefficient (Wildman–Crippen LogP) is 2.75. The number of nitriles is 1. The molecule has 26 heavy (non-hydrogen) atoms.